The lowest BCUT2D eigenvalue weighted by atomic mass is 10.1. The highest BCUT2D eigenvalue weighted by atomic mass is 32.1. The molecule has 1 aliphatic rings. The van der Waals surface area contributed by atoms with Crippen molar-refractivity contribution in [3.05, 3.63) is 59.6 Å². The van der Waals surface area contributed by atoms with Gasteiger partial charge in [0.1, 0.15) is 5.01 Å². The first kappa shape index (κ1) is 17.7. The molecule has 2 atom stereocenters. The Bertz CT molecular complexity index is 952. The third kappa shape index (κ3) is 3.32. The minimum atomic E-state index is -0.320. The molecule has 2 heterocycles. The molecule has 1 fully saturated rings. The second-order valence-corrected chi connectivity index (χ2v) is 7.95. The molecule has 4 rings (SSSR count). The van der Waals surface area contributed by atoms with Crippen LogP contribution in [0.15, 0.2) is 54.6 Å². The standard InChI is InChI=1S/C21H21N3O2S/c1-14(20-22-17-10-6-7-11-18(17)27-20)23(2)21(26)15-12-19(25)24(13-15)16-8-4-3-5-9-16/h3-11,14-15H,12-13H2,1-2H3. The molecule has 0 bridgehead atoms. The fourth-order valence-corrected chi connectivity index (χ4v) is 4.51. The van der Waals surface area contributed by atoms with Gasteiger partial charge in [0.15, 0.2) is 0 Å². The molecule has 2 aromatic carbocycles. The van der Waals surface area contributed by atoms with Gasteiger partial charge in [-0.25, -0.2) is 4.98 Å². The number of hydrogen-bond acceptors (Lipinski definition) is 4. The van der Waals surface area contributed by atoms with E-state index in [2.05, 4.69) is 4.98 Å². The molecule has 2 amide bonds. The number of thiazole rings is 1. The van der Waals surface area contributed by atoms with Gasteiger partial charge in [-0.3, -0.25) is 9.59 Å². The van der Waals surface area contributed by atoms with Gasteiger partial charge in [0, 0.05) is 25.7 Å². The normalized spacial score (nSPS) is 18.1. The Hall–Kier alpha value is -2.73. The molecule has 27 heavy (non-hydrogen) atoms. The summed E-state index contributed by atoms with van der Waals surface area (Å²) >= 11 is 1.61. The minimum absolute atomic E-state index is 0.000546. The zero-order chi connectivity index (χ0) is 19.0. The van der Waals surface area contributed by atoms with Gasteiger partial charge < -0.3 is 9.80 Å². The molecule has 138 valence electrons. The third-order valence-corrected chi connectivity index (χ3v) is 6.35. The Balaban J connectivity index is 1.49. The van der Waals surface area contributed by atoms with Gasteiger partial charge in [-0.1, -0.05) is 30.3 Å². The van der Waals surface area contributed by atoms with E-state index in [1.807, 2.05) is 61.5 Å². The second kappa shape index (κ2) is 7.12. The number of carbonyl (C=O) groups is 2. The van der Waals surface area contributed by atoms with Crippen molar-refractivity contribution >= 4 is 39.1 Å². The smallest absolute Gasteiger partial charge is 0.228 e. The van der Waals surface area contributed by atoms with Crippen LogP contribution in [0.3, 0.4) is 0 Å². The SMILES string of the molecule is CC(c1nc2ccccc2s1)N(C)C(=O)C1CC(=O)N(c2ccccc2)C1. The summed E-state index contributed by atoms with van der Waals surface area (Å²) in [6, 6.07) is 17.4. The zero-order valence-electron chi connectivity index (χ0n) is 15.3. The van der Waals surface area contributed by atoms with Gasteiger partial charge in [-0.2, -0.15) is 0 Å². The molecule has 0 saturated carbocycles. The lowest BCUT2D eigenvalue weighted by Gasteiger charge is -2.26. The molecule has 1 saturated heterocycles. The van der Waals surface area contributed by atoms with Crippen molar-refractivity contribution in [1.29, 1.82) is 0 Å². The number of nitrogens with zero attached hydrogens (tertiary/aromatic N) is 3. The molecule has 5 nitrogen and oxygen atoms in total. The van der Waals surface area contributed by atoms with Crippen molar-refractivity contribution in [2.24, 2.45) is 5.92 Å². The number of aromatic nitrogens is 1. The number of rotatable bonds is 4. The summed E-state index contributed by atoms with van der Waals surface area (Å²) in [5.41, 5.74) is 1.80. The van der Waals surface area contributed by atoms with E-state index >= 15 is 0 Å². The maximum atomic E-state index is 13.0. The molecule has 0 radical (unpaired) electrons. The molecule has 1 aliphatic heterocycles. The first-order valence-electron chi connectivity index (χ1n) is 9.02. The minimum Gasteiger partial charge on any atom is -0.336 e. The van der Waals surface area contributed by atoms with Crippen LogP contribution in [0.4, 0.5) is 5.69 Å². The Labute approximate surface area is 162 Å². The van der Waals surface area contributed by atoms with Crippen LogP contribution in [0.2, 0.25) is 0 Å². The number of carbonyl (C=O) groups excluding carboxylic acids is 2. The van der Waals surface area contributed by atoms with Crippen molar-refractivity contribution in [3.8, 4) is 0 Å². The average Bonchev–Trinajstić information content (AvgIpc) is 3.30. The Morgan fingerprint density at radius 1 is 1.19 bits per heavy atom. The maximum Gasteiger partial charge on any atom is 0.228 e. The molecule has 0 spiro atoms. The summed E-state index contributed by atoms with van der Waals surface area (Å²) < 4.78 is 1.12. The summed E-state index contributed by atoms with van der Waals surface area (Å²) in [5.74, 6) is -0.325. The third-order valence-electron chi connectivity index (χ3n) is 5.14. The van der Waals surface area contributed by atoms with Gasteiger partial charge in [0.05, 0.1) is 22.2 Å². The lowest BCUT2D eigenvalue weighted by Crippen LogP contribution is -2.36. The number of para-hydroxylation sites is 2. The number of hydrogen-bond donors (Lipinski definition) is 0. The topological polar surface area (TPSA) is 53.5 Å². The van der Waals surface area contributed by atoms with Gasteiger partial charge in [-0.15, -0.1) is 11.3 Å². The van der Waals surface area contributed by atoms with Crippen molar-refractivity contribution < 1.29 is 9.59 Å². The fraction of sp³-hybridized carbons (Fsp3) is 0.286. The van der Waals surface area contributed by atoms with E-state index in [0.29, 0.717) is 6.54 Å². The van der Waals surface area contributed by atoms with E-state index in [4.69, 9.17) is 0 Å². The van der Waals surface area contributed by atoms with Crippen molar-refractivity contribution in [3.63, 3.8) is 0 Å². The lowest BCUT2D eigenvalue weighted by molar-refractivity contribution is -0.136. The van der Waals surface area contributed by atoms with Crippen LogP contribution in [-0.4, -0.2) is 35.3 Å². The average molecular weight is 379 g/mol. The Morgan fingerprint density at radius 3 is 2.63 bits per heavy atom. The number of anilines is 1. The fourth-order valence-electron chi connectivity index (χ4n) is 3.44. The van der Waals surface area contributed by atoms with E-state index in [1.165, 1.54) is 0 Å². The molecule has 2 unspecified atom stereocenters. The van der Waals surface area contributed by atoms with Crippen molar-refractivity contribution in [1.82, 2.24) is 9.88 Å². The molecule has 0 N–H and O–H groups in total. The highest BCUT2D eigenvalue weighted by molar-refractivity contribution is 7.18. The summed E-state index contributed by atoms with van der Waals surface area (Å²) in [6.45, 7) is 2.42. The first-order valence-corrected chi connectivity index (χ1v) is 9.84. The number of benzene rings is 2. The van der Waals surface area contributed by atoms with Crippen LogP contribution < -0.4 is 4.90 Å². The van der Waals surface area contributed by atoms with Gasteiger partial charge >= 0.3 is 0 Å². The van der Waals surface area contributed by atoms with Gasteiger partial charge in [0.2, 0.25) is 11.8 Å². The summed E-state index contributed by atoms with van der Waals surface area (Å²) in [7, 11) is 1.80. The molecular weight excluding hydrogens is 358 g/mol. The van der Waals surface area contributed by atoms with E-state index in [1.54, 1.807) is 28.2 Å². The monoisotopic (exact) mass is 379 g/mol. The Kier molecular flexibility index (Phi) is 4.66. The van der Waals surface area contributed by atoms with Crippen LogP contribution in [0.1, 0.15) is 24.4 Å². The van der Waals surface area contributed by atoms with Crippen molar-refractivity contribution in [2.75, 3.05) is 18.5 Å². The van der Waals surface area contributed by atoms with Crippen molar-refractivity contribution in [2.45, 2.75) is 19.4 Å². The molecule has 6 heteroatoms. The van der Waals surface area contributed by atoms with Gasteiger partial charge in [0.25, 0.3) is 0 Å². The van der Waals surface area contributed by atoms with Gasteiger partial charge in [-0.05, 0) is 31.2 Å². The van der Waals surface area contributed by atoms with E-state index in [9.17, 15) is 9.59 Å². The maximum absolute atomic E-state index is 13.0. The largest absolute Gasteiger partial charge is 0.336 e. The van der Waals surface area contributed by atoms with Crippen LogP contribution in [0, 0.1) is 5.92 Å². The molecule has 3 aromatic rings. The Morgan fingerprint density at radius 2 is 1.89 bits per heavy atom. The molecule has 1 aromatic heterocycles. The van der Waals surface area contributed by atoms with Crippen LogP contribution >= 0.6 is 11.3 Å². The van der Waals surface area contributed by atoms with Crippen LogP contribution in [0.25, 0.3) is 10.2 Å². The zero-order valence-corrected chi connectivity index (χ0v) is 16.1. The predicted molar refractivity (Wildman–Crippen MR) is 108 cm³/mol. The van der Waals surface area contributed by atoms with E-state index < -0.39 is 0 Å². The first-order chi connectivity index (χ1) is 13.0. The summed E-state index contributed by atoms with van der Waals surface area (Å²) in [5, 5.41) is 0.913. The number of amides is 2. The highest BCUT2D eigenvalue weighted by Gasteiger charge is 2.37. The highest BCUT2D eigenvalue weighted by Crippen LogP contribution is 2.31. The summed E-state index contributed by atoms with van der Waals surface area (Å²) in [6.07, 6.45) is 0.255. The molecular formula is C21H21N3O2S. The van der Waals surface area contributed by atoms with E-state index in [-0.39, 0.29) is 30.2 Å². The molecule has 0 aliphatic carbocycles. The quantitative estimate of drug-likeness (QED) is 0.691. The second-order valence-electron chi connectivity index (χ2n) is 6.89. The predicted octanol–water partition coefficient (Wildman–Crippen LogP) is 3.87. The van der Waals surface area contributed by atoms with Crippen LogP contribution in [-0.2, 0) is 9.59 Å². The summed E-state index contributed by atoms with van der Waals surface area (Å²) in [4.78, 5) is 33.5. The van der Waals surface area contributed by atoms with E-state index in [0.717, 1.165) is 20.9 Å². The number of fused-ring (bicyclic) bond motifs is 1. The van der Waals surface area contributed by atoms with Crippen LogP contribution in [0.5, 0.6) is 0 Å².